The molecule has 0 heterocycles. The number of carbonyl (C=O) groups is 4. The Kier molecular flexibility index (Phi) is 5.43. The van der Waals surface area contributed by atoms with Crippen LogP contribution in [-0.4, -0.2) is 85.5 Å². The number of nitrogens with two attached hydrogens (primary N) is 1. The van der Waals surface area contributed by atoms with E-state index in [4.69, 9.17) is 5.73 Å². The molecule has 35 heavy (non-hydrogen) atoms. The van der Waals surface area contributed by atoms with Crippen LogP contribution in [0.25, 0.3) is 0 Å². The lowest BCUT2D eigenvalue weighted by atomic mass is 9.55. The summed E-state index contributed by atoms with van der Waals surface area (Å²) in [7, 11) is 2.93. The Morgan fingerprint density at radius 2 is 1.71 bits per heavy atom. The monoisotopic (exact) mass is 486 g/mol. The molecule has 6 atom stereocenters. The molecule has 0 fully saturated rings. The zero-order chi connectivity index (χ0) is 26.3. The summed E-state index contributed by atoms with van der Waals surface area (Å²) in [6.07, 6.45) is -1.67. The predicted octanol–water partition coefficient (Wildman–Crippen LogP) is -0.145. The first-order valence-corrected chi connectivity index (χ1v) is 10.9. The zero-order valence-electron chi connectivity index (χ0n) is 19.4. The number of fused-ring (bicyclic) bond motifs is 3. The Morgan fingerprint density at radius 1 is 1.11 bits per heavy atom. The highest BCUT2D eigenvalue weighted by atomic mass is 16.4. The van der Waals surface area contributed by atoms with Gasteiger partial charge in [-0.25, -0.2) is 0 Å². The topological polar surface area (TPSA) is 199 Å². The Hall–Kier alpha value is -3.54. The van der Waals surface area contributed by atoms with Gasteiger partial charge in [-0.15, -0.1) is 0 Å². The fourth-order valence-electron chi connectivity index (χ4n) is 5.91. The van der Waals surface area contributed by atoms with Crippen molar-refractivity contribution in [2.45, 2.75) is 37.5 Å². The van der Waals surface area contributed by atoms with Crippen LogP contribution in [0.5, 0.6) is 5.75 Å². The molecule has 1 aromatic carbocycles. The number of aliphatic hydroxyl groups excluding tert-OH is 3. The van der Waals surface area contributed by atoms with Crippen molar-refractivity contribution >= 4 is 23.3 Å². The van der Waals surface area contributed by atoms with Crippen molar-refractivity contribution in [2.24, 2.45) is 17.6 Å². The van der Waals surface area contributed by atoms with Crippen LogP contribution in [-0.2, 0) is 9.59 Å². The second-order valence-electron chi connectivity index (χ2n) is 9.53. The van der Waals surface area contributed by atoms with Gasteiger partial charge in [-0.05, 0) is 38.6 Å². The maximum absolute atomic E-state index is 13.6. The molecule has 1 aromatic rings. The number of rotatable bonds is 3. The van der Waals surface area contributed by atoms with E-state index in [-0.39, 0.29) is 11.1 Å². The van der Waals surface area contributed by atoms with Crippen LogP contribution in [0.15, 0.2) is 34.8 Å². The highest BCUT2D eigenvalue weighted by Crippen LogP contribution is 2.55. The fraction of sp³-hybridized carbons (Fsp3) is 0.417. The van der Waals surface area contributed by atoms with Crippen molar-refractivity contribution in [3.63, 3.8) is 0 Å². The first kappa shape index (κ1) is 24.6. The molecule has 11 heteroatoms. The Labute approximate surface area is 199 Å². The van der Waals surface area contributed by atoms with Crippen molar-refractivity contribution in [1.82, 2.24) is 4.90 Å². The maximum Gasteiger partial charge on any atom is 0.255 e. The van der Waals surface area contributed by atoms with Crippen molar-refractivity contribution in [1.29, 1.82) is 0 Å². The molecule has 186 valence electrons. The summed E-state index contributed by atoms with van der Waals surface area (Å²) >= 11 is 0. The third-order valence-corrected chi connectivity index (χ3v) is 7.51. The van der Waals surface area contributed by atoms with Gasteiger partial charge >= 0.3 is 0 Å². The number of hydrogen-bond acceptors (Lipinski definition) is 10. The van der Waals surface area contributed by atoms with Crippen LogP contribution in [0.4, 0.5) is 0 Å². The van der Waals surface area contributed by atoms with E-state index < -0.39 is 87.2 Å². The summed E-state index contributed by atoms with van der Waals surface area (Å²) in [5.41, 5.74) is 0.687. The summed E-state index contributed by atoms with van der Waals surface area (Å²) in [5.74, 6) is -10.3. The number of amides is 1. The Balaban J connectivity index is 2.06. The van der Waals surface area contributed by atoms with Crippen LogP contribution in [0.2, 0.25) is 0 Å². The average molecular weight is 486 g/mol. The van der Waals surface area contributed by atoms with Crippen LogP contribution in [0.3, 0.4) is 0 Å². The number of nitrogens with zero attached hydrogens (tertiary/aromatic N) is 1. The standard InChI is InChI=1S/C24H26N2O9/c1-7-9-5-6-10(8(2)27)17(28)12(9)18(29)13-11(7)19(30)15-16(26(3)4)20(31)14(23(25)34)22(33)24(15,35)21(13)32/h5-7,11,15-16,19,28,30-32,35H,1-4H3,(H2,25,34)/t7-,11+,15+,16-,19-,24-/m0/s1. The van der Waals surface area contributed by atoms with E-state index >= 15 is 0 Å². The molecule has 0 aromatic heterocycles. The maximum atomic E-state index is 13.6. The fourth-order valence-corrected chi connectivity index (χ4v) is 5.91. The number of primary amides is 1. The normalized spacial score (nSPS) is 32.4. The van der Waals surface area contributed by atoms with Gasteiger partial charge in [-0.3, -0.25) is 24.1 Å². The molecule has 0 unspecified atom stereocenters. The van der Waals surface area contributed by atoms with Gasteiger partial charge in [0.25, 0.3) is 5.91 Å². The van der Waals surface area contributed by atoms with Crippen LogP contribution >= 0.6 is 0 Å². The first-order chi connectivity index (χ1) is 16.2. The van der Waals surface area contributed by atoms with Crippen LogP contribution in [0, 0.1) is 11.8 Å². The Bertz CT molecular complexity index is 1280. The lowest BCUT2D eigenvalue weighted by Gasteiger charge is -2.53. The number of carbonyl (C=O) groups excluding carboxylic acids is 4. The molecule has 4 rings (SSSR count). The molecular formula is C24H26N2O9. The lowest BCUT2D eigenvalue weighted by Crippen LogP contribution is -2.68. The van der Waals surface area contributed by atoms with Gasteiger partial charge in [0, 0.05) is 11.5 Å². The highest BCUT2D eigenvalue weighted by Gasteiger charge is 2.67. The van der Waals surface area contributed by atoms with Crippen molar-refractivity contribution < 1.29 is 44.7 Å². The van der Waals surface area contributed by atoms with Gasteiger partial charge < -0.3 is 31.3 Å². The van der Waals surface area contributed by atoms with Gasteiger partial charge in [0.1, 0.15) is 22.8 Å². The SMILES string of the molecule is CC(=O)c1ccc2c(c1O)C(=O)C1=C(O)[C@]3(O)C(=O)C(C(N)=O)=C(O)[C@@H](N(C)C)[C@@H]3[C@@H](O)[C@@H]1[C@H]2C. The zero-order valence-corrected chi connectivity index (χ0v) is 19.4. The summed E-state index contributed by atoms with van der Waals surface area (Å²) < 4.78 is 0. The molecule has 3 aliphatic rings. The highest BCUT2D eigenvalue weighted by molar-refractivity contribution is 6.25. The largest absolute Gasteiger partial charge is 0.510 e. The number of likely N-dealkylation sites (N-methyl/N-ethyl adjacent to an activating group) is 1. The number of Topliss-reactive ketones (excluding diaryl/α,β-unsaturated/α-hetero) is 3. The summed E-state index contributed by atoms with van der Waals surface area (Å²) in [6, 6.07) is 1.49. The Morgan fingerprint density at radius 3 is 2.23 bits per heavy atom. The van der Waals surface area contributed by atoms with E-state index in [9.17, 15) is 44.7 Å². The second kappa shape index (κ2) is 7.74. The van der Waals surface area contributed by atoms with E-state index in [2.05, 4.69) is 0 Å². The molecule has 3 aliphatic carbocycles. The molecule has 0 radical (unpaired) electrons. The lowest BCUT2D eigenvalue weighted by molar-refractivity contribution is -0.162. The van der Waals surface area contributed by atoms with Gasteiger partial charge in [-0.1, -0.05) is 13.0 Å². The van der Waals surface area contributed by atoms with E-state index in [0.29, 0.717) is 5.56 Å². The number of aromatic hydroxyl groups is 1. The number of ketones is 3. The van der Waals surface area contributed by atoms with Gasteiger partial charge in [-0.2, -0.15) is 0 Å². The number of hydrogen-bond donors (Lipinski definition) is 6. The van der Waals surface area contributed by atoms with Crippen molar-refractivity contribution in [3.8, 4) is 5.75 Å². The predicted molar refractivity (Wildman–Crippen MR) is 120 cm³/mol. The average Bonchev–Trinajstić information content (AvgIpc) is 2.75. The number of benzene rings is 1. The second-order valence-corrected chi connectivity index (χ2v) is 9.53. The molecule has 0 saturated carbocycles. The minimum absolute atomic E-state index is 0.138. The molecule has 7 N–H and O–H groups in total. The molecule has 11 nitrogen and oxygen atoms in total. The molecule has 0 saturated heterocycles. The van der Waals surface area contributed by atoms with Crippen LogP contribution in [0.1, 0.15) is 46.0 Å². The molecule has 0 aliphatic heterocycles. The van der Waals surface area contributed by atoms with E-state index in [1.54, 1.807) is 6.92 Å². The third-order valence-electron chi connectivity index (χ3n) is 7.51. The first-order valence-electron chi connectivity index (χ1n) is 10.9. The minimum Gasteiger partial charge on any atom is -0.510 e. The van der Waals surface area contributed by atoms with E-state index in [1.807, 2.05) is 0 Å². The van der Waals surface area contributed by atoms with Crippen LogP contribution < -0.4 is 5.73 Å². The van der Waals surface area contributed by atoms with E-state index in [1.165, 1.54) is 38.1 Å². The number of phenols is 1. The summed E-state index contributed by atoms with van der Waals surface area (Å²) in [4.78, 5) is 52.1. The summed E-state index contributed by atoms with van der Waals surface area (Å²) in [5, 5.41) is 55.8. The van der Waals surface area contributed by atoms with Crippen molar-refractivity contribution in [2.75, 3.05) is 14.1 Å². The molecular weight excluding hydrogens is 460 g/mol. The quantitative estimate of drug-likeness (QED) is 0.247. The van der Waals surface area contributed by atoms with E-state index in [0.717, 1.165) is 0 Å². The smallest absolute Gasteiger partial charge is 0.255 e. The summed E-state index contributed by atoms with van der Waals surface area (Å²) in [6.45, 7) is 2.81. The minimum atomic E-state index is -2.97. The molecule has 1 amide bonds. The van der Waals surface area contributed by atoms with Gasteiger partial charge in [0.2, 0.25) is 5.78 Å². The molecule has 0 spiro atoms. The van der Waals surface area contributed by atoms with Crippen molar-refractivity contribution in [3.05, 3.63) is 51.5 Å². The number of phenolic OH excluding ortho intramolecular Hbond substituents is 1. The third kappa shape index (κ3) is 2.95. The van der Waals surface area contributed by atoms with Gasteiger partial charge in [0.05, 0.1) is 29.2 Å². The van der Waals surface area contributed by atoms with Gasteiger partial charge in [0.15, 0.2) is 17.2 Å². The molecule has 0 bridgehead atoms. The number of aliphatic hydroxyl groups is 4.